The molecule has 0 aliphatic rings. The second kappa shape index (κ2) is 5.36. The molecule has 0 radical (unpaired) electrons. The van der Waals surface area contributed by atoms with Gasteiger partial charge in [0.15, 0.2) is 0 Å². The highest BCUT2D eigenvalue weighted by Gasteiger charge is 2.11. The van der Waals surface area contributed by atoms with Crippen molar-refractivity contribution in [1.82, 2.24) is 18.7 Å². The number of fused-ring (bicyclic) bond motifs is 1. The van der Waals surface area contributed by atoms with Gasteiger partial charge in [-0.3, -0.25) is 9.36 Å². The summed E-state index contributed by atoms with van der Waals surface area (Å²) < 4.78 is 8.95. The SMILES string of the molecule is C=CCn1nc2c(=O)n(-c3ccc(OC)cc3)ccn2c1=O. The largest absolute Gasteiger partial charge is 0.497 e. The summed E-state index contributed by atoms with van der Waals surface area (Å²) in [5, 5.41) is 4.06. The van der Waals surface area contributed by atoms with Crippen LogP contribution in [-0.2, 0) is 6.54 Å². The minimum absolute atomic E-state index is 0.0742. The molecule has 0 saturated carbocycles. The molecule has 0 aliphatic heterocycles. The first-order chi connectivity index (χ1) is 10.7. The van der Waals surface area contributed by atoms with Crippen LogP contribution in [0, 0.1) is 0 Å². The molecule has 3 rings (SSSR count). The van der Waals surface area contributed by atoms with E-state index >= 15 is 0 Å². The second-order valence-electron chi connectivity index (χ2n) is 4.62. The van der Waals surface area contributed by atoms with Gasteiger partial charge in [0.25, 0.3) is 0 Å². The molecule has 0 saturated heterocycles. The quantitative estimate of drug-likeness (QED) is 0.669. The summed E-state index contributed by atoms with van der Waals surface area (Å²) in [6.45, 7) is 3.82. The summed E-state index contributed by atoms with van der Waals surface area (Å²) in [6.07, 6.45) is 4.62. The second-order valence-corrected chi connectivity index (χ2v) is 4.62. The van der Waals surface area contributed by atoms with E-state index in [4.69, 9.17) is 4.74 Å². The van der Waals surface area contributed by atoms with Crippen molar-refractivity contribution < 1.29 is 4.74 Å². The summed E-state index contributed by atoms with van der Waals surface area (Å²) in [4.78, 5) is 24.6. The number of hydrogen-bond donors (Lipinski definition) is 0. The van der Waals surface area contributed by atoms with Crippen LogP contribution in [0.4, 0.5) is 0 Å². The van der Waals surface area contributed by atoms with Crippen molar-refractivity contribution in [3.05, 3.63) is 70.2 Å². The zero-order valence-electron chi connectivity index (χ0n) is 12.0. The average Bonchev–Trinajstić information content (AvgIpc) is 2.86. The molecule has 1 aromatic carbocycles. The fourth-order valence-electron chi connectivity index (χ4n) is 2.20. The van der Waals surface area contributed by atoms with Gasteiger partial charge in [0.1, 0.15) is 5.75 Å². The highest BCUT2D eigenvalue weighted by atomic mass is 16.5. The highest BCUT2D eigenvalue weighted by Crippen LogP contribution is 2.13. The molecule has 22 heavy (non-hydrogen) atoms. The number of ether oxygens (including phenoxy) is 1. The fourth-order valence-corrected chi connectivity index (χ4v) is 2.20. The normalized spacial score (nSPS) is 10.8. The van der Waals surface area contributed by atoms with Crippen molar-refractivity contribution in [2.75, 3.05) is 7.11 Å². The lowest BCUT2D eigenvalue weighted by Crippen LogP contribution is -2.23. The third kappa shape index (κ3) is 2.12. The lowest BCUT2D eigenvalue weighted by molar-refractivity contribution is 0.414. The zero-order valence-corrected chi connectivity index (χ0v) is 12.0. The van der Waals surface area contributed by atoms with Crippen molar-refractivity contribution in [2.24, 2.45) is 0 Å². The number of aromatic nitrogens is 4. The van der Waals surface area contributed by atoms with Crippen LogP contribution in [0.1, 0.15) is 0 Å². The molecule has 7 nitrogen and oxygen atoms in total. The molecule has 0 N–H and O–H groups in total. The van der Waals surface area contributed by atoms with E-state index in [0.717, 1.165) is 0 Å². The van der Waals surface area contributed by atoms with Gasteiger partial charge in [-0.05, 0) is 24.3 Å². The number of allylic oxidation sites excluding steroid dienone is 1. The number of hydrogen-bond acceptors (Lipinski definition) is 4. The fraction of sp³-hybridized carbons (Fsp3) is 0.133. The van der Waals surface area contributed by atoms with Crippen molar-refractivity contribution in [3.63, 3.8) is 0 Å². The number of methoxy groups -OCH3 is 1. The van der Waals surface area contributed by atoms with E-state index in [1.807, 2.05) is 0 Å². The summed E-state index contributed by atoms with van der Waals surface area (Å²) in [5.41, 5.74) is 0.00523. The van der Waals surface area contributed by atoms with Crippen LogP contribution < -0.4 is 16.0 Å². The number of rotatable bonds is 4. The molecule has 0 amide bonds. The van der Waals surface area contributed by atoms with Crippen molar-refractivity contribution >= 4 is 5.65 Å². The molecule has 2 heterocycles. The third-order valence-corrected chi connectivity index (χ3v) is 3.30. The highest BCUT2D eigenvalue weighted by molar-refractivity contribution is 5.42. The zero-order chi connectivity index (χ0) is 15.7. The molecule has 0 unspecified atom stereocenters. The standard InChI is InChI=1S/C15H14N4O3/c1-3-8-19-15(21)18-10-9-17(14(20)13(18)16-19)11-4-6-12(22-2)7-5-11/h3-7,9-10H,1,8H2,2H3. The Kier molecular flexibility index (Phi) is 3.38. The molecule has 0 fully saturated rings. The summed E-state index contributed by atoms with van der Waals surface area (Å²) in [7, 11) is 1.58. The smallest absolute Gasteiger partial charge is 0.350 e. The van der Waals surface area contributed by atoms with Gasteiger partial charge in [0.05, 0.1) is 13.7 Å². The van der Waals surface area contributed by atoms with Crippen molar-refractivity contribution in [3.8, 4) is 11.4 Å². The molecule has 0 atom stereocenters. The summed E-state index contributed by atoms with van der Waals surface area (Å²) in [5.74, 6) is 0.698. The van der Waals surface area contributed by atoms with Gasteiger partial charge in [-0.2, -0.15) is 0 Å². The molecule has 0 aliphatic carbocycles. The Bertz CT molecular complexity index is 948. The Balaban J connectivity index is 2.19. The van der Waals surface area contributed by atoms with Gasteiger partial charge in [-0.25, -0.2) is 13.9 Å². The molecule has 0 spiro atoms. The van der Waals surface area contributed by atoms with E-state index < -0.39 is 0 Å². The van der Waals surface area contributed by atoms with Gasteiger partial charge in [-0.1, -0.05) is 6.08 Å². The van der Waals surface area contributed by atoms with Crippen LogP contribution in [0.2, 0.25) is 0 Å². The Labute approximate surface area is 125 Å². The molecule has 3 aromatic rings. The summed E-state index contributed by atoms with van der Waals surface area (Å²) in [6, 6.07) is 7.04. The Morgan fingerprint density at radius 2 is 1.95 bits per heavy atom. The molecule has 2 aromatic heterocycles. The first-order valence-corrected chi connectivity index (χ1v) is 6.62. The maximum atomic E-state index is 12.5. The van der Waals surface area contributed by atoms with Crippen LogP contribution in [0.3, 0.4) is 0 Å². The minimum Gasteiger partial charge on any atom is -0.497 e. The van der Waals surface area contributed by atoms with Crippen LogP contribution in [0.5, 0.6) is 5.75 Å². The van der Waals surface area contributed by atoms with Crippen molar-refractivity contribution in [1.29, 1.82) is 0 Å². The molecule has 112 valence electrons. The van der Waals surface area contributed by atoms with Gasteiger partial charge in [0, 0.05) is 18.1 Å². The third-order valence-electron chi connectivity index (χ3n) is 3.30. The van der Waals surface area contributed by atoms with Gasteiger partial charge in [-0.15, -0.1) is 11.7 Å². The maximum absolute atomic E-state index is 12.5. The molecule has 0 bridgehead atoms. The topological polar surface area (TPSA) is 70.5 Å². The number of nitrogens with zero attached hydrogens (tertiary/aromatic N) is 4. The van der Waals surface area contributed by atoms with E-state index in [9.17, 15) is 9.59 Å². The summed E-state index contributed by atoms with van der Waals surface area (Å²) >= 11 is 0. The van der Waals surface area contributed by atoms with E-state index in [0.29, 0.717) is 11.4 Å². The van der Waals surface area contributed by atoms with Gasteiger partial charge >= 0.3 is 11.2 Å². The van der Waals surface area contributed by atoms with E-state index in [1.54, 1.807) is 43.6 Å². The minimum atomic E-state index is -0.368. The first-order valence-electron chi connectivity index (χ1n) is 6.62. The first kappa shape index (κ1) is 13.9. The van der Waals surface area contributed by atoms with Crippen LogP contribution in [0.15, 0.2) is 58.9 Å². The van der Waals surface area contributed by atoms with Crippen molar-refractivity contribution in [2.45, 2.75) is 6.54 Å². The van der Waals surface area contributed by atoms with E-state index in [-0.39, 0.29) is 23.4 Å². The predicted octanol–water partition coefficient (Wildman–Crippen LogP) is 0.841. The number of benzene rings is 1. The van der Waals surface area contributed by atoms with Gasteiger partial charge < -0.3 is 4.74 Å². The maximum Gasteiger partial charge on any atom is 0.350 e. The molecular weight excluding hydrogens is 284 g/mol. The monoisotopic (exact) mass is 298 g/mol. The average molecular weight is 298 g/mol. The Morgan fingerprint density at radius 3 is 2.59 bits per heavy atom. The van der Waals surface area contributed by atoms with Crippen LogP contribution in [-0.4, -0.2) is 25.9 Å². The van der Waals surface area contributed by atoms with Crippen LogP contribution >= 0.6 is 0 Å². The Hall–Kier alpha value is -3.09. The van der Waals surface area contributed by atoms with Crippen LogP contribution in [0.25, 0.3) is 11.3 Å². The Morgan fingerprint density at radius 1 is 1.23 bits per heavy atom. The lowest BCUT2D eigenvalue weighted by atomic mass is 10.3. The molecule has 7 heteroatoms. The molecular formula is C15H14N4O3. The predicted molar refractivity (Wildman–Crippen MR) is 81.8 cm³/mol. The van der Waals surface area contributed by atoms with E-state index in [2.05, 4.69) is 11.7 Å². The van der Waals surface area contributed by atoms with Gasteiger partial charge in [0.2, 0.25) is 5.65 Å². The van der Waals surface area contributed by atoms with E-state index in [1.165, 1.54) is 19.8 Å². The lowest BCUT2D eigenvalue weighted by Gasteiger charge is -2.06.